The fourth-order valence-corrected chi connectivity index (χ4v) is 5.38. The van der Waals surface area contributed by atoms with Gasteiger partial charge in [0.05, 0.1) is 18.8 Å². The van der Waals surface area contributed by atoms with Crippen LogP contribution < -0.4 is 5.43 Å². The second kappa shape index (κ2) is 8.13. The molecular weight excluding hydrogens is 456 g/mol. The highest BCUT2D eigenvalue weighted by Crippen LogP contribution is 2.42. The van der Waals surface area contributed by atoms with Crippen LogP contribution in [0.1, 0.15) is 41.3 Å². The van der Waals surface area contributed by atoms with E-state index in [1.807, 2.05) is 0 Å². The van der Waals surface area contributed by atoms with E-state index in [9.17, 15) is 9.90 Å². The molecule has 6 nitrogen and oxygen atoms in total. The molecule has 0 saturated heterocycles. The number of hydrogen-bond donors (Lipinski definition) is 2. The van der Waals surface area contributed by atoms with E-state index in [1.165, 1.54) is 33.9 Å². The van der Waals surface area contributed by atoms with E-state index in [0.29, 0.717) is 12.1 Å². The first-order valence-electron chi connectivity index (χ1n) is 10.7. The van der Waals surface area contributed by atoms with Crippen molar-refractivity contribution < 1.29 is 9.90 Å². The summed E-state index contributed by atoms with van der Waals surface area (Å²) in [5.41, 5.74) is 8.64. The molecule has 0 spiro atoms. The highest BCUT2D eigenvalue weighted by atomic mass is 79.9. The lowest BCUT2D eigenvalue weighted by Gasteiger charge is -2.39. The highest BCUT2D eigenvalue weighted by Gasteiger charge is 2.35. The SMILES string of the molecule is Cc1ccc2c(c1)c1c3n2CCN(CC(=O)N/N=C\c2cc(Br)ccc2O)[C@@H]3CCC1. The van der Waals surface area contributed by atoms with E-state index in [-0.39, 0.29) is 17.7 Å². The van der Waals surface area contributed by atoms with Crippen molar-refractivity contribution in [3.8, 4) is 5.75 Å². The number of hydrogen-bond acceptors (Lipinski definition) is 4. The Morgan fingerprint density at radius 2 is 2.16 bits per heavy atom. The summed E-state index contributed by atoms with van der Waals surface area (Å²) in [5.74, 6) is -0.0201. The molecule has 2 aromatic carbocycles. The van der Waals surface area contributed by atoms with E-state index >= 15 is 0 Å². The van der Waals surface area contributed by atoms with Crippen molar-refractivity contribution >= 4 is 39.0 Å². The van der Waals surface area contributed by atoms with Crippen molar-refractivity contribution in [3.05, 3.63) is 63.3 Å². The first-order valence-corrected chi connectivity index (χ1v) is 11.5. The Kier molecular flexibility index (Phi) is 5.32. The van der Waals surface area contributed by atoms with Crippen LogP contribution in [0.15, 0.2) is 46.0 Å². The number of carbonyl (C=O) groups is 1. The summed E-state index contributed by atoms with van der Waals surface area (Å²) in [4.78, 5) is 14.9. The molecule has 0 unspecified atom stereocenters. The van der Waals surface area contributed by atoms with Crippen LogP contribution >= 0.6 is 15.9 Å². The Bertz CT molecular complexity index is 1200. The molecule has 1 aliphatic heterocycles. The number of benzene rings is 2. The Morgan fingerprint density at radius 1 is 1.29 bits per heavy atom. The number of fused-ring (bicyclic) bond motifs is 3. The fourth-order valence-electron chi connectivity index (χ4n) is 5.00. The number of halogens is 1. The van der Waals surface area contributed by atoms with Crippen molar-refractivity contribution in [3.63, 3.8) is 0 Å². The molecule has 0 fully saturated rings. The lowest BCUT2D eigenvalue weighted by molar-refractivity contribution is -0.123. The molecule has 5 rings (SSSR count). The number of phenols is 1. The number of rotatable bonds is 4. The lowest BCUT2D eigenvalue weighted by atomic mass is 9.89. The summed E-state index contributed by atoms with van der Waals surface area (Å²) in [6, 6.07) is 12.1. The van der Waals surface area contributed by atoms with Gasteiger partial charge in [-0.05, 0) is 62.1 Å². The molecule has 2 aliphatic rings. The fraction of sp³-hybridized carbons (Fsp3) is 0.333. The average molecular weight is 481 g/mol. The maximum atomic E-state index is 12.6. The van der Waals surface area contributed by atoms with Crippen LogP contribution in [-0.2, 0) is 17.8 Å². The predicted octanol–water partition coefficient (Wildman–Crippen LogP) is 4.26. The number of amides is 1. The zero-order valence-corrected chi connectivity index (χ0v) is 19.0. The molecule has 0 radical (unpaired) electrons. The minimum absolute atomic E-state index is 0.120. The highest BCUT2D eigenvalue weighted by molar-refractivity contribution is 9.10. The largest absolute Gasteiger partial charge is 0.507 e. The van der Waals surface area contributed by atoms with Gasteiger partial charge < -0.3 is 9.67 Å². The monoisotopic (exact) mass is 480 g/mol. The van der Waals surface area contributed by atoms with Crippen LogP contribution in [0.4, 0.5) is 0 Å². The minimum Gasteiger partial charge on any atom is -0.507 e. The normalized spacial score (nSPS) is 18.5. The molecule has 2 N–H and O–H groups in total. The van der Waals surface area contributed by atoms with Crippen LogP contribution in [0.3, 0.4) is 0 Å². The van der Waals surface area contributed by atoms with E-state index in [0.717, 1.165) is 36.8 Å². The standard InChI is InChI=1S/C24H25BrN4O2/c1-15-5-7-20-19(11-15)18-3-2-4-21-24(18)29(20)10-9-28(21)14-23(31)27-26-13-16-12-17(25)6-8-22(16)30/h5-8,11-13,21,30H,2-4,9-10,14H2,1H3,(H,27,31)/b26-13-/t21-/m1/s1. The number of nitrogens with one attached hydrogen (secondary N) is 1. The number of carbonyl (C=O) groups excluding carboxylic acids is 1. The van der Waals surface area contributed by atoms with Gasteiger partial charge in [0, 0.05) is 39.7 Å². The minimum atomic E-state index is -0.140. The Morgan fingerprint density at radius 3 is 3.03 bits per heavy atom. The molecule has 31 heavy (non-hydrogen) atoms. The maximum absolute atomic E-state index is 12.6. The average Bonchev–Trinajstić information content (AvgIpc) is 3.07. The van der Waals surface area contributed by atoms with E-state index in [2.05, 4.69) is 61.0 Å². The zero-order valence-electron chi connectivity index (χ0n) is 17.4. The first-order chi connectivity index (χ1) is 15.0. The van der Waals surface area contributed by atoms with Gasteiger partial charge in [-0.3, -0.25) is 9.69 Å². The van der Waals surface area contributed by atoms with Gasteiger partial charge in [-0.25, -0.2) is 5.43 Å². The third-order valence-electron chi connectivity index (χ3n) is 6.37. The molecule has 3 aromatic rings. The predicted molar refractivity (Wildman–Crippen MR) is 125 cm³/mol. The molecule has 1 aliphatic carbocycles. The Balaban J connectivity index is 1.32. The molecule has 0 saturated carbocycles. The van der Waals surface area contributed by atoms with Gasteiger partial charge in [0.2, 0.25) is 0 Å². The Labute approximate surface area is 189 Å². The topological polar surface area (TPSA) is 69.9 Å². The molecule has 1 aromatic heterocycles. The van der Waals surface area contributed by atoms with Crippen molar-refractivity contribution in [1.29, 1.82) is 0 Å². The molecule has 160 valence electrons. The summed E-state index contributed by atoms with van der Waals surface area (Å²) in [7, 11) is 0. The lowest BCUT2D eigenvalue weighted by Crippen LogP contribution is -2.44. The van der Waals surface area contributed by atoms with Crippen LogP contribution in [0.5, 0.6) is 5.75 Å². The number of phenolic OH excluding ortho intramolecular Hbond substituents is 1. The summed E-state index contributed by atoms with van der Waals surface area (Å²) in [6.07, 6.45) is 4.79. The first kappa shape index (κ1) is 20.3. The van der Waals surface area contributed by atoms with E-state index < -0.39 is 0 Å². The van der Waals surface area contributed by atoms with E-state index in [4.69, 9.17) is 0 Å². The van der Waals surface area contributed by atoms with Crippen LogP contribution in [0, 0.1) is 6.92 Å². The second-order valence-corrected chi connectivity index (χ2v) is 9.33. The zero-order chi connectivity index (χ0) is 21.5. The molecule has 1 atom stereocenters. The van der Waals surface area contributed by atoms with Crippen LogP contribution in [-0.4, -0.2) is 39.8 Å². The van der Waals surface area contributed by atoms with Gasteiger partial charge in [0.25, 0.3) is 5.91 Å². The number of aromatic nitrogens is 1. The third kappa shape index (κ3) is 3.77. The number of nitrogens with zero attached hydrogens (tertiary/aromatic N) is 3. The summed E-state index contributed by atoms with van der Waals surface area (Å²) in [6.45, 7) is 4.20. The molecule has 7 heteroatoms. The van der Waals surface area contributed by atoms with Gasteiger partial charge in [-0.2, -0.15) is 5.10 Å². The molecule has 2 heterocycles. The van der Waals surface area contributed by atoms with Crippen molar-refractivity contribution in [1.82, 2.24) is 14.9 Å². The Hall–Kier alpha value is -2.64. The van der Waals surface area contributed by atoms with Crippen molar-refractivity contribution in [2.24, 2.45) is 5.10 Å². The summed E-state index contributed by atoms with van der Waals surface area (Å²) >= 11 is 3.37. The van der Waals surface area contributed by atoms with Crippen molar-refractivity contribution in [2.75, 3.05) is 13.1 Å². The second-order valence-electron chi connectivity index (χ2n) is 8.41. The maximum Gasteiger partial charge on any atom is 0.254 e. The van der Waals surface area contributed by atoms with E-state index in [1.54, 1.807) is 18.2 Å². The molecule has 1 amide bonds. The number of aryl methyl sites for hydroxylation is 2. The summed E-state index contributed by atoms with van der Waals surface area (Å²) in [5, 5.41) is 15.3. The van der Waals surface area contributed by atoms with Gasteiger partial charge in [0.1, 0.15) is 5.75 Å². The van der Waals surface area contributed by atoms with Crippen molar-refractivity contribution in [2.45, 2.75) is 38.8 Å². The van der Waals surface area contributed by atoms with Gasteiger partial charge in [-0.15, -0.1) is 0 Å². The van der Waals surface area contributed by atoms with Crippen LogP contribution in [0.25, 0.3) is 10.9 Å². The van der Waals surface area contributed by atoms with Gasteiger partial charge >= 0.3 is 0 Å². The molecule has 0 bridgehead atoms. The number of hydrazone groups is 1. The third-order valence-corrected chi connectivity index (χ3v) is 6.86. The smallest absolute Gasteiger partial charge is 0.254 e. The quantitative estimate of drug-likeness (QED) is 0.432. The summed E-state index contributed by atoms with van der Waals surface area (Å²) < 4.78 is 3.31. The molecular formula is C24H25BrN4O2. The number of aromatic hydroxyl groups is 1. The van der Waals surface area contributed by atoms with Gasteiger partial charge in [-0.1, -0.05) is 27.6 Å². The van der Waals surface area contributed by atoms with Crippen LogP contribution in [0.2, 0.25) is 0 Å². The van der Waals surface area contributed by atoms with Gasteiger partial charge in [0.15, 0.2) is 0 Å².